The molecule has 4 aliphatic rings. The van der Waals surface area contributed by atoms with Crippen molar-refractivity contribution in [2.24, 2.45) is 0 Å². The van der Waals surface area contributed by atoms with Crippen LogP contribution in [0.25, 0.3) is 45.5 Å². The van der Waals surface area contributed by atoms with Crippen LogP contribution < -0.4 is 4.90 Å². The number of nitrogens with zero attached hydrogens (tertiary/aromatic N) is 1. The van der Waals surface area contributed by atoms with Crippen LogP contribution in [0.2, 0.25) is 0 Å². The molecule has 0 saturated carbocycles. The summed E-state index contributed by atoms with van der Waals surface area (Å²) in [4.78, 5) is 2.36. The first-order chi connectivity index (χ1) is 33.5. The van der Waals surface area contributed by atoms with Crippen molar-refractivity contribution in [3.8, 4) is 33.4 Å². The molecule has 10 aromatic carbocycles. The fourth-order valence-corrected chi connectivity index (χ4v) is 13.1. The van der Waals surface area contributed by atoms with Gasteiger partial charge in [-0.05, 0) is 143 Å². The van der Waals surface area contributed by atoms with Gasteiger partial charge in [0.25, 0.3) is 0 Å². The van der Waals surface area contributed by atoms with Gasteiger partial charge in [-0.3, -0.25) is 0 Å². The number of rotatable bonds is 5. The first-order valence-electron chi connectivity index (χ1n) is 24.0. The molecule has 0 aromatic heterocycles. The first kappa shape index (κ1) is 39.0. The minimum absolute atomic E-state index is 0.194. The van der Waals surface area contributed by atoms with Crippen molar-refractivity contribution >= 4 is 29.2 Å². The van der Waals surface area contributed by atoms with Crippen LogP contribution >= 0.6 is 0 Å². The van der Waals surface area contributed by atoms with E-state index in [9.17, 15) is 0 Å². The Balaban J connectivity index is 0.922. The lowest BCUT2D eigenvalue weighted by atomic mass is 9.52. The third-order valence-corrected chi connectivity index (χ3v) is 15.9. The van der Waals surface area contributed by atoms with Crippen molar-refractivity contribution in [3.05, 3.63) is 303 Å². The lowest BCUT2D eigenvalue weighted by Crippen LogP contribution is -2.43. The Morgan fingerprint density at radius 1 is 0.265 bits per heavy atom. The largest absolute Gasteiger partial charge is 0.310 e. The summed E-state index contributed by atoms with van der Waals surface area (Å²) in [5, 5.41) is 0. The molecule has 0 unspecified atom stereocenters. The van der Waals surface area contributed by atoms with Crippen molar-refractivity contribution < 1.29 is 0 Å². The molecule has 0 amide bonds. The van der Waals surface area contributed by atoms with Gasteiger partial charge in [0, 0.05) is 22.5 Å². The summed E-state index contributed by atoms with van der Waals surface area (Å²) >= 11 is 0. The smallest absolute Gasteiger partial charge is 0.0720 e. The van der Waals surface area contributed by atoms with Gasteiger partial charge in [0.05, 0.1) is 10.8 Å². The Bertz CT molecular complexity index is 3590. The third-order valence-electron chi connectivity index (χ3n) is 15.9. The monoisotopic (exact) mass is 865 g/mol. The maximum absolute atomic E-state index is 2.53. The molecule has 1 heteroatoms. The highest BCUT2D eigenvalue weighted by Crippen LogP contribution is 2.67. The van der Waals surface area contributed by atoms with Crippen LogP contribution in [0, 0.1) is 0 Å². The fourth-order valence-electron chi connectivity index (χ4n) is 13.1. The number of para-hydroxylation sites is 2. The van der Waals surface area contributed by atoms with Crippen molar-refractivity contribution in [1.29, 1.82) is 0 Å². The number of fused-ring (bicyclic) bond motifs is 19. The Hall–Kier alpha value is -8.26. The Kier molecular flexibility index (Phi) is 8.23. The van der Waals surface area contributed by atoms with Crippen LogP contribution in [0.5, 0.6) is 0 Å². The van der Waals surface area contributed by atoms with E-state index in [1.807, 2.05) is 0 Å². The second-order valence-corrected chi connectivity index (χ2v) is 19.5. The van der Waals surface area contributed by atoms with Crippen LogP contribution in [-0.4, -0.2) is 0 Å². The molecule has 68 heavy (non-hydrogen) atoms. The zero-order chi connectivity index (χ0) is 45.2. The molecule has 0 bridgehead atoms. The minimum atomic E-state index is -0.514. The summed E-state index contributed by atoms with van der Waals surface area (Å²) in [6.45, 7) is 4.77. The van der Waals surface area contributed by atoms with E-state index in [0.29, 0.717) is 0 Å². The van der Waals surface area contributed by atoms with Gasteiger partial charge in [0.15, 0.2) is 0 Å². The van der Waals surface area contributed by atoms with Gasteiger partial charge in [-0.2, -0.15) is 0 Å². The van der Waals surface area contributed by atoms with E-state index in [1.54, 1.807) is 0 Å². The predicted octanol–water partition coefficient (Wildman–Crippen LogP) is 16.7. The van der Waals surface area contributed by atoms with Crippen LogP contribution in [-0.2, 0) is 16.2 Å². The normalized spacial score (nSPS) is 15.2. The van der Waals surface area contributed by atoms with E-state index >= 15 is 0 Å². The highest BCUT2D eigenvalue weighted by Gasteiger charge is 2.58. The quantitative estimate of drug-likeness (QED) is 0.156. The van der Waals surface area contributed by atoms with E-state index in [2.05, 4.69) is 267 Å². The van der Waals surface area contributed by atoms with Crippen molar-refractivity contribution in [2.75, 3.05) is 4.90 Å². The minimum Gasteiger partial charge on any atom is -0.310 e. The lowest BCUT2D eigenvalue weighted by molar-refractivity contribution is 0.632. The molecule has 10 aromatic rings. The highest BCUT2D eigenvalue weighted by atomic mass is 15.1. The maximum atomic E-state index is 2.53. The van der Waals surface area contributed by atoms with Gasteiger partial charge in [-0.15, -0.1) is 0 Å². The van der Waals surface area contributed by atoms with Crippen molar-refractivity contribution in [3.63, 3.8) is 0 Å². The average Bonchev–Trinajstić information content (AvgIpc) is 3.95. The Morgan fingerprint density at radius 3 is 1.09 bits per heavy atom. The molecule has 0 aliphatic heterocycles. The number of hydrogen-bond donors (Lipinski definition) is 0. The molecule has 0 N–H and O–H groups in total. The fraction of sp³-hybridized carbons (Fsp3) is 0.0746. The summed E-state index contributed by atoms with van der Waals surface area (Å²) in [6, 6.07) is 88.9. The van der Waals surface area contributed by atoms with Gasteiger partial charge in [0.1, 0.15) is 0 Å². The standard InChI is InChI=1S/C67H47N/c1-65(2)62-41-44(35-38-53(62)54-39-37-48(43-63(54)65)68(46-19-5-3-6-20-46)47-21-7-4-8-22-47)33-34-45-36-40-61-64(42-45)67(57-29-15-11-25-51(57)52-26-12-16-30-58(52)67)60-32-18-17-31-59(60)66(61)55-27-13-9-23-49(55)50-24-10-14-28-56(50)66/h3-43H,1-2H3/b34-33+. The van der Waals surface area contributed by atoms with Gasteiger partial charge >= 0.3 is 0 Å². The molecule has 14 rings (SSSR count). The van der Waals surface area contributed by atoms with E-state index in [4.69, 9.17) is 0 Å². The Morgan fingerprint density at radius 2 is 0.603 bits per heavy atom. The summed E-state index contributed by atoms with van der Waals surface area (Å²) < 4.78 is 0. The lowest BCUT2D eigenvalue weighted by Gasteiger charge is -2.49. The summed E-state index contributed by atoms with van der Waals surface area (Å²) in [5.74, 6) is 0. The van der Waals surface area contributed by atoms with Crippen LogP contribution in [0.4, 0.5) is 17.1 Å². The highest BCUT2D eigenvalue weighted by molar-refractivity contribution is 5.94. The molecule has 0 radical (unpaired) electrons. The maximum Gasteiger partial charge on any atom is 0.0720 e. The SMILES string of the molecule is CC1(C)c2cc(/C=C/c3ccc4c(c3)C3(c5ccccc5-c5ccccc53)c3ccccc3C43c4ccccc4-c4ccccc43)ccc2-c2ccc(N(c3ccccc3)c3ccccc3)cc21. The van der Waals surface area contributed by atoms with E-state index in [1.165, 1.54) is 100 Å². The third kappa shape index (κ3) is 5.11. The van der Waals surface area contributed by atoms with Gasteiger partial charge in [-0.25, -0.2) is 0 Å². The zero-order valence-corrected chi connectivity index (χ0v) is 38.1. The second kappa shape index (κ2) is 14.4. The van der Waals surface area contributed by atoms with Crippen molar-refractivity contribution in [1.82, 2.24) is 0 Å². The van der Waals surface area contributed by atoms with Gasteiger partial charge < -0.3 is 4.90 Å². The number of anilines is 3. The van der Waals surface area contributed by atoms with Crippen molar-refractivity contribution in [2.45, 2.75) is 30.1 Å². The number of hydrogen-bond acceptors (Lipinski definition) is 1. The molecule has 0 atom stereocenters. The Labute approximate surface area is 399 Å². The molecule has 0 saturated heterocycles. The van der Waals surface area contributed by atoms with E-state index in [0.717, 1.165) is 17.1 Å². The van der Waals surface area contributed by atoms with E-state index < -0.39 is 10.8 Å². The molecule has 2 spiro atoms. The molecule has 4 aliphatic carbocycles. The average molecular weight is 866 g/mol. The topological polar surface area (TPSA) is 3.24 Å². The molecule has 0 fully saturated rings. The predicted molar refractivity (Wildman–Crippen MR) is 282 cm³/mol. The van der Waals surface area contributed by atoms with Gasteiger partial charge in [-0.1, -0.05) is 220 Å². The molecular formula is C67H47N. The number of benzene rings is 10. The van der Waals surface area contributed by atoms with Crippen LogP contribution in [0.3, 0.4) is 0 Å². The van der Waals surface area contributed by atoms with Crippen LogP contribution in [0.15, 0.2) is 237 Å². The summed E-state index contributed by atoms with van der Waals surface area (Å²) in [6.07, 6.45) is 4.67. The first-order valence-corrected chi connectivity index (χ1v) is 24.0. The zero-order valence-electron chi connectivity index (χ0n) is 38.1. The van der Waals surface area contributed by atoms with E-state index in [-0.39, 0.29) is 5.41 Å². The molecule has 320 valence electrons. The molecule has 0 heterocycles. The second-order valence-electron chi connectivity index (χ2n) is 19.5. The van der Waals surface area contributed by atoms with Gasteiger partial charge in [0.2, 0.25) is 0 Å². The summed E-state index contributed by atoms with van der Waals surface area (Å²) in [5.41, 5.74) is 26.1. The summed E-state index contributed by atoms with van der Waals surface area (Å²) in [7, 11) is 0. The molecular weight excluding hydrogens is 819 g/mol. The van der Waals surface area contributed by atoms with Crippen LogP contribution in [0.1, 0.15) is 80.6 Å². The molecule has 1 nitrogen and oxygen atoms in total.